The Bertz CT molecular complexity index is 440. The molecule has 1 aromatic carbocycles. The largest absolute Gasteiger partial charge is 0.326 e. The monoisotopic (exact) mass is 254 g/mol. The van der Waals surface area contributed by atoms with Gasteiger partial charge in [-0.25, -0.2) is 8.78 Å². The molecule has 2 nitrogen and oxygen atoms in total. The van der Waals surface area contributed by atoms with Gasteiger partial charge in [0, 0.05) is 23.7 Å². The summed E-state index contributed by atoms with van der Waals surface area (Å²) in [7, 11) is 0. The first-order valence-electron chi connectivity index (χ1n) is 6.28. The Balaban J connectivity index is 2.43. The predicted octanol–water partition coefficient (Wildman–Crippen LogP) is 2.84. The number of nitrogens with zero attached hydrogens (tertiary/aromatic N) is 1. The van der Waals surface area contributed by atoms with Crippen LogP contribution in [0.2, 0.25) is 0 Å². The van der Waals surface area contributed by atoms with Crippen LogP contribution in [0.25, 0.3) is 0 Å². The summed E-state index contributed by atoms with van der Waals surface area (Å²) in [6.45, 7) is 7.00. The maximum Gasteiger partial charge on any atom is 0.163 e. The summed E-state index contributed by atoms with van der Waals surface area (Å²) >= 11 is 0. The molecule has 1 saturated heterocycles. The topological polar surface area (TPSA) is 29.3 Å². The van der Waals surface area contributed by atoms with Crippen molar-refractivity contribution < 1.29 is 8.78 Å². The number of hydrogen-bond donors (Lipinski definition) is 1. The minimum absolute atomic E-state index is 0.114. The molecule has 1 aromatic rings. The standard InChI is InChI=1S/C14H20F2N2/c1-14(2,3)18-8-7-11(17)13(18)9-5-4-6-10(15)12(9)16/h4-6,11,13H,7-8,17H2,1-3H3. The maximum absolute atomic E-state index is 13.9. The molecule has 4 heteroatoms. The molecule has 0 aliphatic carbocycles. The Morgan fingerprint density at radius 1 is 1.28 bits per heavy atom. The van der Waals surface area contributed by atoms with E-state index < -0.39 is 11.6 Å². The van der Waals surface area contributed by atoms with Gasteiger partial charge in [-0.3, -0.25) is 4.90 Å². The van der Waals surface area contributed by atoms with E-state index in [0.29, 0.717) is 5.56 Å². The van der Waals surface area contributed by atoms with Crippen molar-refractivity contribution in [2.75, 3.05) is 6.54 Å². The van der Waals surface area contributed by atoms with Crippen molar-refractivity contribution in [3.05, 3.63) is 35.4 Å². The third-order valence-corrected chi connectivity index (χ3v) is 3.61. The Kier molecular flexibility index (Phi) is 3.43. The number of nitrogens with two attached hydrogens (primary N) is 1. The zero-order valence-corrected chi connectivity index (χ0v) is 11.1. The van der Waals surface area contributed by atoms with Crippen molar-refractivity contribution in [3.63, 3.8) is 0 Å². The van der Waals surface area contributed by atoms with Gasteiger partial charge in [0.05, 0.1) is 6.04 Å². The fourth-order valence-corrected chi connectivity index (χ4v) is 2.72. The summed E-state index contributed by atoms with van der Waals surface area (Å²) in [6.07, 6.45) is 0.803. The lowest BCUT2D eigenvalue weighted by molar-refractivity contribution is 0.114. The van der Waals surface area contributed by atoms with E-state index in [2.05, 4.69) is 25.7 Å². The van der Waals surface area contributed by atoms with E-state index in [-0.39, 0.29) is 17.6 Å². The molecule has 100 valence electrons. The molecular formula is C14H20F2N2. The highest BCUT2D eigenvalue weighted by Gasteiger charge is 2.40. The molecule has 0 amide bonds. The van der Waals surface area contributed by atoms with Gasteiger partial charge in [-0.15, -0.1) is 0 Å². The first kappa shape index (κ1) is 13.4. The summed E-state index contributed by atoms with van der Waals surface area (Å²) in [6, 6.07) is 3.91. The average Bonchev–Trinajstić information content (AvgIpc) is 2.64. The minimum atomic E-state index is -0.805. The van der Waals surface area contributed by atoms with Gasteiger partial charge in [-0.2, -0.15) is 0 Å². The van der Waals surface area contributed by atoms with E-state index in [4.69, 9.17) is 5.73 Å². The Labute approximate surface area is 107 Å². The Morgan fingerprint density at radius 3 is 2.56 bits per heavy atom. The van der Waals surface area contributed by atoms with Gasteiger partial charge >= 0.3 is 0 Å². The average molecular weight is 254 g/mol. The summed E-state index contributed by atoms with van der Waals surface area (Å²) in [4.78, 5) is 2.15. The van der Waals surface area contributed by atoms with Crippen molar-refractivity contribution in [2.24, 2.45) is 5.73 Å². The summed E-state index contributed by atoms with van der Waals surface area (Å²) in [5.74, 6) is -1.57. The Hall–Kier alpha value is -1.00. The number of rotatable bonds is 1. The van der Waals surface area contributed by atoms with E-state index in [0.717, 1.165) is 19.0 Å². The summed E-state index contributed by atoms with van der Waals surface area (Å²) in [5.41, 5.74) is 6.34. The number of likely N-dealkylation sites (tertiary alicyclic amines) is 1. The van der Waals surface area contributed by atoms with Crippen molar-refractivity contribution in [1.82, 2.24) is 4.90 Å². The molecule has 0 aromatic heterocycles. The smallest absolute Gasteiger partial charge is 0.163 e. The first-order valence-corrected chi connectivity index (χ1v) is 6.28. The van der Waals surface area contributed by atoms with Crippen LogP contribution in [0.5, 0.6) is 0 Å². The van der Waals surface area contributed by atoms with Crippen molar-refractivity contribution >= 4 is 0 Å². The van der Waals surface area contributed by atoms with Gasteiger partial charge in [0.1, 0.15) is 0 Å². The molecule has 2 unspecified atom stereocenters. The molecule has 18 heavy (non-hydrogen) atoms. The molecule has 2 rings (SSSR count). The van der Waals surface area contributed by atoms with Crippen LogP contribution in [0.15, 0.2) is 18.2 Å². The van der Waals surface area contributed by atoms with E-state index in [1.807, 2.05) is 0 Å². The molecular weight excluding hydrogens is 234 g/mol. The number of halogens is 2. The third-order valence-electron chi connectivity index (χ3n) is 3.61. The second-order valence-electron chi connectivity index (χ2n) is 5.90. The lowest BCUT2D eigenvalue weighted by Gasteiger charge is -2.38. The number of hydrogen-bond acceptors (Lipinski definition) is 2. The molecule has 1 aliphatic heterocycles. The van der Waals surface area contributed by atoms with Crippen molar-refractivity contribution in [2.45, 2.75) is 44.8 Å². The maximum atomic E-state index is 13.9. The van der Waals surface area contributed by atoms with Crippen LogP contribution >= 0.6 is 0 Å². The summed E-state index contributed by atoms with van der Waals surface area (Å²) in [5, 5.41) is 0. The predicted molar refractivity (Wildman–Crippen MR) is 68.2 cm³/mol. The van der Waals surface area contributed by atoms with Crippen LogP contribution in [0, 0.1) is 11.6 Å². The molecule has 1 aliphatic rings. The van der Waals surface area contributed by atoms with E-state index in [1.54, 1.807) is 12.1 Å². The molecule has 2 N–H and O–H groups in total. The molecule has 0 saturated carbocycles. The summed E-state index contributed by atoms with van der Waals surface area (Å²) < 4.78 is 27.3. The van der Waals surface area contributed by atoms with Gasteiger partial charge in [-0.05, 0) is 33.3 Å². The SMILES string of the molecule is CC(C)(C)N1CCC(N)C1c1cccc(F)c1F. The molecule has 1 heterocycles. The van der Waals surface area contributed by atoms with Crippen LogP contribution in [0.1, 0.15) is 38.8 Å². The number of benzene rings is 1. The van der Waals surface area contributed by atoms with Crippen molar-refractivity contribution in [1.29, 1.82) is 0 Å². The molecule has 2 atom stereocenters. The van der Waals surface area contributed by atoms with E-state index in [1.165, 1.54) is 0 Å². The van der Waals surface area contributed by atoms with Gasteiger partial charge in [0.2, 0.25) is 0 Å². The van der Waals surface area contributed by atoms with Crippen LogP contribution in [0.3, 0.4) is 0 Å². The first-order chi connectivity index (χ1) is 8.32. The second kappa shape index (κ2) is 4.59. The lowest BCUT2D eigenvalue weighted by atomic mass is 9.96. The van der Waals surface area contributed by atoms with Crippen LogP contribution in [-0.4, -0.2) is 23.0 Å². The van der Waals surface area contributed by atoms with E-state index >= 15 is 0 Å². The minimum Gasteiger partial charge on any atom is -0.326 e. The highest BCUT2D eigenvalue weighted by Crippen LogP contribution is 2.37. The molecule has 0 radical (unpaired) electrons. The van der Waals surface area contributed by atoms with Gasteiger partial charge in [-0.1, -0.05) is 12.1 Å². The normalized spacial score (nSPS) is 25.7. The van der Waals surface area contributed by atoms with Crippen LogP contribution < -0.4 is 5.73 Å². The fraction of sp³-hybridized carbons (Fsp3) is 0.571. The van der Waals surface area contributed by atoms with Crippen LogP contribution in [0.4, 0.5) is 8.78 Å². The molecule has 0 bridgehead atoms. The lowest BCUT2D eigenvalue weighted by Crippen LogP contribution is -2.43. The molecule has 1 fully saturated rings. The van der Waals surface area contributed by atoms with Crippen molar-refractivity contribution in [3.8, 4) is 0 Å². The highest BCUT2D eigenvalue weighted by atomic mass is 19.2. The van der Waals surface area contributed by atoms with Gasteiger partial charge in [0.15, 0.2) is 11.6 Å². The second-order valence-corrected chi connectivity index (χ2v) is 5.90. The fourth-order valence-electron chi connectivity index (χ4n) is 2.72. The Morgan fingerprint density at radius 2 is 1.94 bits per heavy atom. The zero-order chi connectivity index (χ0) is 13.5. The zero-order valence-electron chi connectivity index (χ0n) is 11.1. The van der Waals surface area contributed by atoms with Gasteiger partial charge in [0.25, 0.3) is 0 Å². The molecule has 0 spiro atoms. The van der Waals surface area contributed by atoms with Crippen LogP contribution in [-0.2, 0) is 0 Å². The quantitative estimate of drug-likeness (QED) is 0.835. The van der Waals surface area contributed by atoms with E-state index in [9.17, 15) is 8.78 Å². The third kappa shape index (κ3) is 2.27. The highest BCUT2D eigenvalue weighted by molar-refractivity contribution is 5.26. The van der Waals surface area contributed by atoms with Gasteiger partial charge < -0.3 is 5.73 Å².